The van der Waals surface area contributed by atoms with Gasteiger partial charge in [-0.25, -0.2) is 0 Å². The maximum atomic E-state index is 11.4. The predicted molar refractivity (Wildman–Crippen MR) is 78.1 cm³/mol. The lowest BCUT2D eigenvalue weighted by Crippen LogP contribution is -2.19. The number of nitrogens with zero attached hydrogens (tertiary/aromatic N) is 1. The van der Waals surface area contributed by atoms with E-state index >= 15 is 0 Å². The van der Waals surface area contributed by atoms with Crippen molar-refractivity contribution in [2.24, 2.45) is 5.92 Å². The Morgan fingerprint density at radius 2 is 1.67 bits per heavy atom. The zero-order valence-electron chi connectivity index (χ0n) is 11.3. The Bertz CT molecular complexity index is 640. The Balaban J connectivity index is 2.21. The van der Waals surface area contributed by atoms with Gasteiger partial charge in [-0.3, -0.25) is 14.9 Å². The third-order valence-corrected chi connectivity index (χ3v) is 3.33. The molecule has 0 heterocycles. The first kappa shape index (κ1) is 14.7. The molecule has 0 aromatic heterocycles. The molecule has 0 aliphatic rings. The molecule has 2 aromatic rings. The van der Waals surface area contributed by atoms with Crippen molar-refractivity contribution in [2.75, 3.05) is 0 Å². The number of carboxylic acids is 1. The van der Waals surface area contributed by atoms with Gasteiger partial charge in [0.15, 0.2) is 0 Å². The molecule has 0 spiro atoms. The first-order valence-corrected chi connectivity index (χ1v) is 6.57. The second-order valence-electron chi connectivity index (χ2n) is 4.81. The number of hydrogen-bond donors (Lipinski definition) is 1. The number of nitro groups is 1. The van der Waals surface area contributed by atoms with Crippen molar-refractivity contribution >= 4 is 11.7 Å². The van der Waals surface area contributed by atoms with Crippen molar-refractivity contribution < 1.29 is 14.8 Å². The summed E-state index contributed by atoms with van der Waals surface area (Å²) < 4.78 is 0. The highest BCUT2D eigenvalue weighted by atomic mass is 16.6. The van der Waals surface area contributed by atoms with Crippen LogP contribution in [0.15, 0.2) is 54.6 Å². The fraction of sp³-hybridized carbons (Fsp3) is 0.188. The first-order chi connectivity index (χ1) is 10.1. The van der Waals surface area contributed by atoms with E-state index in [1.165, 1.54) is 6.07 Å². The molecule has 0 saturated carbocycles. The molecular formula is C16H15NO4. The fourth-order valence-electron chi connectivity index (χ4n) is 2.27. The monoisotopic (exact) mass is 285 g/mol. The fourth-order valence-corrected chi connectivity index (χ4v) is 2.27. The lowest BCUT2D eigenvalue weighted by atomic mass is 9.92. The number of aliphatic carboxylic acids is 1. The zero-order valence-corrected chi connectivity index (χ0v) is 11.3. The molecule has 1 N–H and O–H groups in total. The number of carboxylic acid groups (broad SMARTS) is 1. The molecule has 5 nitrogen and oxygen atoms in total. The highest BCUT2D eigenvalue weighted by Crippen LogP contribution is 2.23. The summed E-state index contributed by atoms with van der Waals surface area (Å²) in [5, 5.41) is 20.3. The van der Waals surface area contributed by atoms with E-state index in [1.54, 1.807) is 18.2 Å². The molecule has 0 bridgehead atoms. The van der Waals surface area contributed by atoms with Crippen molar-refractivity contribution in [1.29, 1.82) is 0 Å². The van der Waals surface area contributed by atoms with Gasteiger partial charge < -0.3 is 5.11 Å². The highest BCUT2D eigenvalue weighted by Gasteiger charge is 2.23. The van der Waals surface area contributed by atoms with Crippen LogP contribution >= 0.6 is 0 Å². The molecule has 0 saturated heterocycles. The summed E-state index contributed by atoms with van der Waals surface area (Å²) in [6.07, 6.45) is 0.490. The Morgan fingerprint density at radius 3 is 2.29 bits per heavy atom. The Kier molecular flexibility index (Phi) is 4.66. The maximum absolute atomic E-state index is 11.4. The predicted octanol–water partition coefficient (Wildman–Crippen LogP) is 3.08. The van der Waals surface area contributed by atoms with Crippen LogP contribution in [-0.2, 0) is 17.6 Å². The molecule has 0 amide bonds. The summed E-state index contributed by atoms with van der Waals surface area (Å²) in [7, 11) is 0. The lowest BCUT2D eigenvalue weighted by Gasteiger charge is -2.12. The largest absolute Gasteiger partial charge is 0.481 e. The van der Waals surface area contributed by atoms with Gasteiger partial charge in [-0.2, -0.15) is 0 Å². The number of para-hydroxylation sites is 1. The van der Waals surface area contributed by atoms with E-state index in [-0.39, 0.29) is 12.1 Å². The van der Waals surface area contributed by atoms with Crippen molar-refractivity contribution in [3.8, 4) is 0 Å². The van der Waals surface area contributed by atoms with Gasteiger partial charge >= 0.3 is 5.97 Å². The molecule has 108 valence electrons. The molecule has 0 fully saturated rings. The van der Waals surface area contributed by atoms with Gasteiger partial charge in [-0.15, -0.1) is 0 Å². The van der Waals surface area contributed by atoms with Crippen molar-refractivity contribution in [3.63, 3.8) is 0 Å². The van der Waals surface area contributed by atoms with Gasteiger partial charge in [0.25, 0.3) is 5.69 Å². The smallest absolute Gasteiger partial charge is 0.307 e. The summed E-state index contributed by atoms with van der Waals surface area (Å²) in [6.45, 7) is 0. The quantitative estimate of drug-likeness (QED) is 0.653. The van der Waals surface area contributed by atoms with Crippen LogP contribution in [-0.4, -0.2) is 16.0 Å². The van der Waals surface area contributed by atoms with E-state index in [4.69, 9.17) is 0 Å². The minimum absolute atomic E-state index is 0.0307. The summed E-state index contributed by atoms with van der Waals surface area (Å²) in [5.41, 5.74) is 1.33. The number of nitro benzene ring substituents is 1. The second-order valence-corrected chi connectivity index (χ2v) is 4.81. The van der Waals surface area contributed by atoms with Crippen molar-refractivity contribution in [2.45, 2.75) is 12.8 Å². The van der Waals surface area contributed by atoms with Crippen molar-refractivity contribution in [3.05, 3.63) is 75.8 Å². The van der Waals surface area contributed by atoms with E-state index in [9.17, 15) is 20.0 Å². The van der Waals surface area contributed by atoms with Crippen LogP contribution in [0.4, 0.5) is 5.69 Å². The first-order valence-electron chi connectivity index (χ1n) is 6.57. The standard InChI is InChI=1S/C16H15NO4/c18-16(19)14(10-12-6-2-1-3-7-12)11-13-8-4-5-9-15(13)17(20)21/h1-9,14H,10-11H2,(H,18,19). The number of benzene rings is 2. The van der Waals surface area contributed by atoms with Gasteiger partial charge in [0.2, 0.25) is 0 Å². The van der Waals surface area contributed by atoms with Gasteiger partial charge in [0.1, 0.15) is 0 Å². The molecule has 21 heavy (non-hydrogen) atoms. The molecule has 2 rings (SSSR count). The van der Waals surface area contributed by atoms with E-state index in [0.29, 0.717) is 12.0 Å². The van der Waals surface area contributed by atoms with E-state index < -0.39 is 16.8 Å². The van der Waals surface area contributed by atoms with E-state index in [0.717, 1.165) is 5.56 Å². The normalized spacial score (nSPS) is 11.8. The summed E-state index contributed by atoms with van der Waals surface area (Å²) in [5.74, 6) is -1.63. The average Bonchev–Trinajstić information content (AvgIpc) is 2.48. The average molecular weight is 285 g/mol. The van der Waals surface area contributed by atoms with Crippen LogP contribution in [0.2, 0.25) is 0 Å². The van der Waals surface area contributed by atoms with Gasteiger partial charge in [0.05, 0.1) is 10.8 Å². The Morgan fingerprint density at radius 1 is 1.05 bits per heavy atom. The number of rotatable bonds is 6. The Labute approximate surface area is 122 Å². The minimum atomic E-state index is -0.947. The van der Waals surface area contributed by atoms with E-state index in [1.807, 2.05) is 30.3 Å². The highest BCUT2D eigenvalue weighted by molar-refractivity contribution is 5.71. The topological polar surface area (TPSA) is 80.4 Å². The van der Waals surface area contributed by atoms with Crippen LogP contribution in [0.3, 0.4) is 0 Å². The Hall–Kier alpha value is -2.69. The molecule has 0 aliphatic heterocycles. The molecular weight excluding hydrogens is 270 g/mol. The summed E-state index contributed by atoms with van der Waals surface area (Å²) in [4.78, 5) is 21.9. The molecule has 5 heteroatoms. The number of hydrogen-bond acceptors (Lipinski definition) is 3. The van der Waals surface area contributed by atoms with E-state index in [2.05, 4.69) is 0 Å². The minimum Gasteiger partial charge on any atom is -0.481 e. The molecule has 0 aliphatic carbocycles. The van der Waals surface area contributed by atoms with Gasteiger partial charge in [0, 0.05) is 11.6 Å². The van der Waals surface area contributed by atoms with Crippen molar-refractivity contribution in [1.82, 2.24) is 0 Å². The second kappa shape index (κ2) is 6.65. The number of carbonyl (C=O) groups is 1. The maximum Gasteiger partial charge on any atom is 0.307 e. The third kappa shape index (κ3) is 3.89. The molecule has 2 aromatic carbocycles. The SMILES string of the molecule is O=C(O)C(Cc1ccccc1)Cc1ccccc1[N+](=O)[O-]. The van der Waals surface area contributed by atoms with Gasteiger partial charge in [-0.05, 0) is 18.4 Å². The van der Waals surface area contributed by atoms with Crippen LogP contribution in [0.1, 0.15) is 11.1 Å². The van der Waals surface area contributed by atoms with Crippen LogP contribution in [0.25, 0.3) is 0 Å². The molecule has 1 unspecified atom stereocenters. The molecule has 0 radical (unpaired) electrons. The van der Waals surface area contributed by atoms with Gasteiger partial charge in [-0.1, -0.05) is 48.5 Å². The van der Waals surface area contributed by atoms with Crippen LogP contribution in [0, 0.1) is 16.0 Å². The third-order valence-electron chi connectivity index (χ3n) is 3.33. The lowest BCUT2D eigenvalue weighted by molar-refractivity contribution is -0.385. The zero-order chi connectivity index (χ0) is 15.2. The van der Waals surface area contributed by atoms with Crippen LogP contribution in [0.5, 0.6) is 0 Å². The summed E-state index contributed by atoms with van der Waals surface area (Å²) in [6, 6.07) is 15.5. The molecule has 1 atom stereocenters. The van der Waals surface area contributed by atoms with Crippen LogP contribution < -0.4 is 0 Å². The summed E-state index contributed by atoms with van der Waals surface area (Å²) >= 11 is 0.